The lowest BCUT2D eigenvalue weighted by Gasteiger charge is -2.11. The number of hydrogen-bond donors (Lipinski definition) is 2. The lowest BCUT2D eigenvalue weighted by molar-refractivity contribution is 0.102. The third kappa shape index (κ3) is 4.13. The number of rotatable bonds is 4. The highest BCUT2D eigenvalue weighted by molar-refractivity contribution is 6.13. The molecule has 8 nitrogen and oxygen atoms in total. The van der Waals surface area contributed by atoms with Crippen LogP contribution in [0.25, 0.3) is 22.4 Å². The maximum absolute atomic E-state index is 14.0. The van der Waals surface area contributed by atoms with Crippen LogP contribution in [-0.2, 0) is 4.74 Å². The fourth-order valence-electron chi connectivity index (χ4n) is 3.20. The minimum absolute atomic E-state index is 0.129. The zero-order valence-electron chi connectivity index (χ0n) is 17.5. The molecule has 0 fully saturated rings. The summed E-state index contributed by atoms with van der Waals surface area (Å²) < 4.78 is 23.8. The minimum atomic E-state index is -0.828. The number of pyridine rings is 1. The minimum Gasteiger partial charge on any atom is -0.453 e. The molecule has 2 aromatic carbocycles. The summed E-state index contributed by atoms with van der Waals surface area (Å²) in [6, 6.07) is 13.2. The van der Waals surface area contributed by atoms with Gasteiger partial charge in [-0.05, 0) is 38.1 Å². The number of aromatic nitrogens is 2. The van der Waals surface area contributed by atoms with Gasteiger partial charge in [-0.3, -0.25) is 10.1 Å². The van der Waals surface area contributed by atoms with E-state index in [1.165, 1.54) is 19.2 Å². The standard InChI is InChI=1S/C23H19FN4O4/c1-12-4-6-14(7-5-12)18-11-16(20-13(2)28-32-22(20)26-18)21(29)25-15-8-9-17(24)19(10-15)27-23(30)31-3/h4-11H,1-3H3,(H,25,29)(H,27,30). The monoisotopic (exact) mass is 434 g/mol. The van der Waals surface area contributed by atoms with Crippen molar-refractivity contribution in [2.45, 2.75) is 13.8 Å². The number of amides is 2. The number of halogens is 1. The number of fused-ring (bicyclic) bond motifs is 1. The van der Waals surface area contributed by atoms with E-state index in [1.54, 1.807) is 13.0 Å². The van der Waals surface area contributed by atoms with Crippen molar-refractivity contribution in [3.05, 3.63) is 71.2 Å². The van der Waals surface area contributed by atoms with Gasteiger partial charge in [0, 0.05) is 11.3 Å². The van der Waals surface area contributed by atoms with Gasteiger partial charge >= 0.3 is 6.09 Å². The molecule has 162 valence electrons. The van der Waals surface area contributed by atoms with Crippen LogP contribution in [0.15, 0.2) is 53.1 Å². The van der Waals surface area contributed by atoms with Gasteiger partial charge in [0.05, 0.1) is 35.1 Å². The number of benzene rings is 2. The molecule has 0 unspecified atom stereocenters. The third-order valence-corrected chi connectivity index (χ3v) is 4.86. The van der Waals surface area contributed by atoms with Crippen molar-refractivity contribution in [1.82, 2.24) is 10.1 Å². The molecule has 4 rings (SSSR count). The Bertz CT molecular complexity index is 1330. The maximum atomic E-state index is 14.0. The number of nitrogens with zero attached hydrogens (tertiary/aromatic N) is 2. The first-order valence-electron chi connectivity index (χ1n) is 9.65. The zero-order valence-corrected chi connectivity index (χ0v) is 17.5. The van der Waals surface area contributed by atoms with Gasteiger partial charge in [-0.2, -0.15) is 0 Å². The summed E-state index contributed by atoms with van der Waals surface area (Å²) in [5.41, 5.74) is 3.65. The van der Waals surface area contributed by atoms with Crippen molar-refractivity contribution in [3.63, 3.8) is 0 Å². The summed E-state index contributed by atoms with van der Waals surface area (Å²) in [6.07, 6.45) is -0.828. The van der Waals surface area contributed by atoms with Crippen molar-refractivity contribution in [1.29, 1.82) is 0 Å². The van der Waals surface area contributed by atoms with Crippen LogP contribution in [0.2, 0.25) is 0 Å². The number of aryl methyl sites for hydroxylation is 2. The number of carbonyl (C=O) groups is 2. The number of hydrogen-bond acceptors (Lipinski definition) is 6. The van der Waals surface area contributed by atoms with Crippen LogP contribution in [-0.4, -0.2) is 29.3 Å². The van der Waals surface area contributed by atoms with Crippen LogP contribution in [0.4, 0.5) is 20.6 Å². The van der Waals surface area contributed by atoms with Crippen molar-refractivity contribution in [2.75, 3.05) is 17.7 Å². The average Bonchev–Trinajstić information content (AvgIpc) is 3.16. The molecule has 0 radical (unpaired) electrons. The van der Waals surface area contributed by atoms with Gasteiger partial charge in [-0.15, -0.1) is 0 Å². The Balaban J connectivity index is 1.72. The van der Waals surface area contributed by atoms with Crippen LogP contribution in [0, 0.1) is 19.7 Å². The first-order valence-corrected chi connectivity index (χ1v) is 9.65. The quantitative estimate of drug-likeness (QED) is 0.464. The van der Waals surface area contributed by atoms with E-state index in [9.17, 15) is 14.0 Å². The Labute approximate surface area is 182 Å². The molecular formula is C23H19FN4O4. The Hall–Kier alpha value is -4.27. The van der Waals surface area contributed by atoms with Crippen molar-refractivity contribution in [2.24, 2.45) is 0 Å². The molecule has 0 aliphatic carbocycles. The summed E-state index contributed by atoms with van der Waals surface area (Å²) in [4.78, 5) is 29.1. The molecule has 0 aliphatic heterocycles. The lowest BCUT2D eigenvalue weighted by Crippen LogP contribution is -2.15. The van der Waals surface area contributed by atoms with Gasteiger partial charge in [0.15, 0.2) is 0 Å². The second-order valence-corrected chi connectivity index (χ2v) is 7.13. The zero-order chi connectivity index (χ0) is 22.8. The molecule has 0 aliphatic rings. The first kappa shape index (κ1) is 21.0. The summed E-state index contributed by atoms with van der Waals surface area (Å²) in [5, 5.41) is 9.39. The van der Waals surface area contributed by atoms with E-state index >= 15 is 0 Å². The number of nitrogens with one attached hydrogen (secondary N) is 2. The molecule has 2 aromatic heterocycles. The van der Waals surface area contributed by atoms with Crippen LogP contribution in [0.5, 0.6) is 0 Å². The van der Waals surface area contributed by atoms with Crippen LogP contribution >= 0.6 is 0 Å². The first-order chi connectivity index (χ1) is 15.4. The summed E-state index contributed by atoms with van der Waals surface area (Å²) in [5.74, 6) is -1.14. The molecule has 2 heterocycles. The molecule has 9 heteroatoms. The SMILES string of the molecule is COC(=O)Nc1cc(NC(=O)c2cc(-c3ccc(C)cc3)nc3onc(C)c23)ccc1F. The van der Waals surface area contributed by atoms with Gasteiger partial charge in [-0.1, -0.05) is 35.0 Å². The number of ether oxygens (including phenoxy) is 1. The Kier molecular flexibility index (Phi) is 5.55. The van der Waals surface area contributed by atoms with E-state index < -0.39 is 17.8 Å². The highest BCUT2D eigenvalue weighted by Crippen LogP contribution is 2.28. The average molecular weight is 434 g/mol. The second kappa shape index (κ2) is 8.46. The molecule has 32 heavy (non-hydrogen) atoms. The molecule has 2 amide bonds. The van der Waals surface area contributed by atoms with Gasteiger partial charge in [0.1, 0.15) is 5.82 Å². The molecule has 0 atom stereocenters. The normalized spacial score (nSPS) is 10.8. The number of methoxy groups -OCH3 is 1. The van der Waals surface area contributed by atoms with Crippen molar-refractivity contribution >= 4 is 34.5 Å². The second-order valence-electron chi connectivity index (χ2n) is 7.13. The van der Waals surface area contributed by atoms with Gasteiger partial charge in [0.25, 0.3) is 11.6 Å². The van der Waals surface area contributed by atoms with E-state index in [0.717, 1.165) is 17.2 Å². The van der Waals surface area contributed by atoms with Crippen LogP contribution in [0.3, 0.4) is 0 Å². The molecular weight excluding hydrogens is 415 g/mol. The summed E-state index contributed by atoms with van der Waals surface area (Å²) in [6.45, 7) is 3.69. The fourth-order valence-corrected chi connectivity index (χ4v) is 3.20. The highest BCUT2D eigenvalue weighted by atomic mass is 19.1. The fraction of sp³-hybridized carbons (Fsp3) is 0.130. The Morgan fingerprint density at radius 2 is 1.78 bits per heavy atom. The lowest BCUT2D eigenvalue weighted by atomic mass is 10.0. The van der Waals surface area contributed by atoms with Gasteiger partial charge in [-0.25, -0.2) is 14.2 Å². The van der Waals surface area contributed by atoms with Crippen molar-refractivity contribution < 1.29 is 23.2 Å². The number of carbonyl (C=O) groups excluding carboxylic acids is 2. The van der Waals surface area contributed by atoms with E-state index in [2.05, 4.69) is 25.5 Å². The van der Waals surface area contributed by atoms with E-state index in [-0.39, 0.29) is 17.1 Å². The molecule has 0 bridgehead atoms. The van der Waals surface area contributed by atoms with Gasteiger partial charge in [0.2, 0.25) is 0 Å². The molecule has 0 saturated carbocycles. The third-order valence-electron chi connectivity index (χ3n) is 4.86. The van der Waals surface area contributed by atoms with E-state index in [4.69, 9.17) is 4.52 Å². The Morgan fingerprint density at radius 1 is 1.03 bits per heavy atom. The predicted octanol–water partition coefficient (Wildman–Crippen LogP) is 5.08. The molecule has 0 saturated heterocycles. The highest BCUT2D eigenvalue weighted by Gasteiger charge is 2.20. The van der Waals surface area contributed by atoms with E-state index in [1.807, 2.05) is 31.2 Å². The largest absolute Gasteiger partial charge is 0.453 e. The van der Waals surface area contributed by atoms with Crippen LogP contribution in [0.1, 0.15) is 21.6 Å². The molecule has 2 N–H and O–H groups in total. The van der Waals surface area contributed by atoms with Gasteiger partial charge < -0.3 is 14.6 Å². The van der Waals surface area contributed by atoms with Crippen molar-refractivity contribution in [3.8, 4) is 11.3 Å². The smallest absolute Gasteiger partial charge is 0.411 e. The Morgan fingerprint density at radius 3 is 2.50 bits per heavy atom. The summed E-state index contributed by atoms with van der Waals surface area (Å²) in [7, 11) is 1.17. The molecule has 0 spiro atoms. The maximum Gasteiger partial charge on any atom is 0.411 e. The summed E-state index contributed by atoms with van der Waals surface area (Å²) >= 11 is 0. The topological polar surface area (TPSA) is 106 Å². The number of anilines is 2. The molecule has 4 aromatic rings. The predicted molar refractivity (Wildman–Crippen MR) is 117 cm³/mol. The van der Waals surface area contributed by atoms with E-state index in [0.29, 0.717) is 22.3 Å². The van der Waals surface area contributed by atoms with Crippen LogP contribution < -0.4 is 10.6 Å².